The van der Waals surface area contributed by atoms with Crippen LogP contribution in [-0.2, 0) is 0 Å². The Hall–Kier alpha value is -2.32. The molecule has 0 aliphatic rings. The predicted molar refractivity (Wildman–Crippen MR) is 80.2 cm³/mol. The summed E-state index contributed by atoms with van der Waals surface area (Å²) < 4.78 is 5.64. The van der Waals surface area contributed by atoms with E-state index in [-0.39, 0.29) is 5.75 Å². The van der Waals surface area contributed by atoms with Crippen molar-refractivity contribution >= 4 is 28.1 Å². The summed E-state index contributed by atoms with van der Waals surface area (Å²) >= 11 is 3.27. The van der Waals surface area contributed by atoms with Crippen molar-refractivity contribution in [2.24, 2.45) is 0 Å². The Balaban J connectivity index is 2.27. The zero-order valence-electron chi connectivity index (χ0n) is 10.7. The average molecular weight is 331 g/mol. The fourth-order valence-electron chi connectivity index (χ4n) is 1.60. The molecule has 2 aromatic rings. The molecular weight excluding hydrogens is 320 g/mol. The second-order valence-electron chi connectivity index (χ2n) is 3.97. The lowest BCUT2D eigenvalue weighted by atomic mass is 10.1. The molecule has 0 aliphatic heterocycles. The summed E-state index contributed by atoms with van der Waals surface area (Å²) in [6.45, 7) is 0. The standard InChI is InChI=1S/C15H11BrN2O2/c1-20-14-7-10(6-13(16)15(14)19)2-4-12-5-3-11(8-17)9-18-12/h2-7,9,19H,1H3. The van der Waals surface area contributed by atoms with Crippen molar-refractivity contribution in [3.8, 4) is 17.6 Å². The first kappa shape index (κ1) is 14.1. The Kier molecular flexibility index (Phi) is 4.38. The lowest BCUT2D eigenvalue weighted by Crippen LogP contribution is -1.86. The third kappa shape index (κ3) is 3.16. The zero-order valence-corrected chi connectivity index (χ0v) is 12.3. The third-order valence-corrected chi connectivity index (χ3v) is 3.24. The van der Waals surface area contributed by atoms with Gasteiger partial charge in [-0.3, -0.25) is 4.98 Å². The highest BCUT2D eigenvalue weighted by Gasteiger charge is 2.06. The number of aromatic hydroxyl groups is 1. The molecule has 0 amide bonds. The number of benzene rings is 1. The lowest BCUT2D eigenvalue weighted by Gasteiger charge is -2.06. The van der Waals surface area contributed by atoms with Crippen molar-refractivity contribution in [1.29, 1.82) is 5.26 Å². The summed E-state index contributed by atoms with van der Waals surface area (Å²) in [7, 11) is 1.50. The van der Waals surface area contributed by atoms with E-state index in [1.807, 2.05) is 18.2 Å². The van der Waals surface area contributed by atoms with Gasteiger partial charge in [0.1, 0.15) is 6.07 Å². The van der Waals surface area contributed by atoms with Crippen LogP contribution in [-0.4, -0.2) is 17.2 Å². The molecule has 2 rings (SSSR count). The fourth-order valence-corrected chi connectivity index (χ4v) is 2.06. The number of rotatable bonds is 3. The van der Waals surface area contributed by atoms with Gasteiger partial charge in [-0.05, 0) is 51.8 Å². The number of methoxy groups -OCH3 is 1. The van der Waals surface area contributed by atoms with Crippen molar-refractivity contribution in [2.45, 2.75) is 0 Å². The first-order valence-electron chi connectivity index (χ1n) is 5.75. The lowest BCUT2D eigenvalue weighted by molar-refractivity contribution is 0.372. The van der Waals surface area contributed by atoms with E-state index in [0.717, 1.165) is 11.3 Å². The number of hydrogen-bond donors (Lipinski definition) is 1. The number of pyridine rings is 1. The number of phenols is 1. The van der Waals surface area contributed by atoms with Crippen LogP contribution in [0, 0.1) is 11.3 Å². The topological polar surface area (TPSA) is 66.1 Å². The molecule has 0 unspecified atom stereocenters. The van der Waals surface area contributed by atoms with Gasteiger partial charge in [0.25, 0.3) is 0 Å². The summed E-state index contributed by atoms with van der Waals surface area (Å²) in [5, 5.41) is 18.4. The van der Waals surface area contributed by atoms with E-state index in [9.17, 15) is 5.11 Å². The van der Waals surface area contributed by atoms with Crippen LogP contribution in [0.4, 0.5) is 0 Å². The molecule has 0 bridgehead atoms. The summed E-state index contributed by atoms with van der Waals surface area (Å²) in [5.41, 5.74) is 2.13. The van der Waals surface area contributed by atoms with Gasteiger partial charge < -0.3 is 9.84 Å². The maximum atomic E-state index is 9.73. The van der Waals surface area contributed by atoms with Crippen molar-refractivity contribution in [1.82, 2.24) is 4.98 Å². The molecule has 1 aromatic heterocycles. The smallest absolute Gasteiger partial charge is 0.172 e. The molecule has 0 atom stereocenters. The van der Waals surface area contributed by atoms with E-state index in [1.165, 1.54) is 13.3 Å². The molecule has 1 N–H and O–H groups in total. The highest BCUT2D eigenvalue weighted by molar-refractivity contribution is 9.10. The zero-order chi connectivity index (χ0) is 14.5. The van der Waals surface area contributed by atoms with Crippen LogP contribution in [0.25, 0.3) is 12.2 Å². The minimum atomic E-state index is 0.0705. The van der Waals surface area contributed by atoms with Crippen molar-refractivity contribution in [3.63, 3.8) is 0 Å². The second-order valence-corrected chi connectivity index (χ2v) is 4.82. The Morgan fingerprint density at radius 3 is 2.75 bits per heavy atom. The summed E-state index contributed by atoms with van der Waals surface area (Å²) in [6.07, 6.45) is 5.19. The summed E-state index contributed by atoms with van der Waals surface area (Å²) in [5.74, 6) is 0.466. The number of halogens is 1. The monoisotopic (exact) mass is 330 g/mol. The van der Waals surface area contributed by atoms with Crippen molar-refractivity contribution in [3.05, 3.63) is 51.8 Å². The summed E-state index contributed by atoms with van der Waals surface area (Å²) in [4.78, 5) is 4.15. The van der Waals surface area contributed by atoms with Crippen molar-refractivity contribution in [2.75, 3.05) is 7.11 Å². The number of ether oxygens (including phenoxy) is 1. The SMILES string of the molecule is COc1cc(C=Cc2ccc(C#N)cn2)cc(Br)c1O. The van der Waals surface area contributed by atoms with Crippen LogP contribution in [0.1, 0.15) is 16.8 Å². The quantitative estimate of drug-likeness (QED) is 0.933. The normalized spacial score (nSPS) is 10.4. The van der Waals surface area contributed by atoms with Crippen LogP contribution in [0.3, 0.4) is 0 Å². The van der Waals surface area contributed by atoms with Gasteiger partial charge in [-0.15, -0.1) is 0 Å². The number of phenolic OH excluding ortho intramolecular Hbond substituents is 1. The number of nitriles is 1. The van der Waals surface area contributed by atoms with Crippen LogP contribution in [0.15, 0.2) is 34.9 Å². The molecule has 0 radical (unpaired) electrons. The maximum Gasteiger partial charge on any atom is 0.172 e. The van der Waals surface area contributed by atoms with Gasteiger partial charge in [0.2, 0.25) is 0 Å². The van der Waals surface area contributed by atoms with Crippen LogP contribution < -0.4 is 4.74 Å². The largest absolute Gasteiger partial charge is 0.503 e. The third-order valence-electron chi connectivity index (χ3n) is 2.63. The Morgan fingerprint density at radius 2 is 2.15 bits per heavy atom. The van der Waals surface area contributed by atoms with Gasteiger partial charge in [0, 0.05) is 6.20 Å². The Bertz CT molecular complexity index is 688. The molecule has 0 fully saturated rings. The van der Waals surface area contributed by atoms with Gasteiger partial charge >= 0.3 is 0 Å². The fraction of sp³-hybridized carbons (Fsp3) is 0.0667. The molecule has 4 nitrogen and oxygen atoms in total. The number of aromatic nitrogens is 1. The second kappa shape index (κ2) is 6.22. The van der Waals surface area contributed by atoms with E-state index in [0.29, 0.717) is 15.8 Å². The van der Waals surface area contributed by atoms with Gasteiger partial charge in [-0.25, -0.2) is 0 Å². The first-order valence-corrected chi connectivity index (χ1v) is 6.54. The van der Waals surface area contributed by atoms with Crippen LogP contribution >= 0.6 is 15.9 Å². The van der Waals surface area contributed by atoms with Crippen LogP contribution in [0.5, 0.6) is 11.5 Å². The predicted octanol–water partition coefficient (Wildman–Crippen LogP) is 3.60. The molecular formula is C15H11BrN2O2. The summed E-state index contributed by atoms with van der Waals surface area (Å²) in [6, 6.07) is 8.99. The van der Waals surface area contributed by atoms with Gasteiger partial charge in [-0.2, -0.15) is 5.26 Å². The van der Waals surface area contributed by atoms with E-state index in [1.54, 1.807) is 24.3 Å². The van der Waals surface area contributed by atoms with E-state index >= 15 is 0 Å². The van der Waals surface area contributed by atoms with Gasteiger partial charge in [0.05, 0.1) is 22.8 Å². The number of hydrogen-bond acceptors (Lipinski definition) is 4. The highest BCUT2D eigenvalue weighted by atomic mass is 79.9. The molecule has 20 heavy (non-hydrogen) atoms. The molecule has 5 heteroatoms. The maximum absolute atomic E-state index is 9.73. The number of nitrogens with zero attached hydrogens (tertiary/aromatic N) is 2. The molecule has 0 saturated heterocycles. The van der Waals surface area contributed by atoms with Gasteiger partial charge in [-0.1, -0.05) is 6.08 Å². The molecule has 0 spiro atoms. The molecule has 1 heterocycles. The molecule has 1 aromatic carbocycles. The van der Waals surface area contributed by atoms with Crippen molar-refractivity contribution < 1.29 is 9.84 Å². The molecule has 100 valence electrons. The van der Waals surface area contributed by atoms with E-state index in [2.05, 4.69) is 20.9 Å². The minimum Gasteiger partial charge on any atom is -0.503 e. The highest BCUT2D eigenvalue weighted by Crippen LogP contribution is 2.35. The molecule has 0 saturated carbocycles. The first-order chi connectivity index (χ1) is 9.63. The Morgan fingerprint density at radius 1 is 1.35 bits per heavy atom. The average Bonchev–Trinajstić information content (AvgIpc) is 2.48. The molecule has 0 aliphatic carbocycles. The van der Waals surface area contributed by atoms with E-state index in [4.69, 9.17) is 10.00 Å². The van der Waals surface area contributed by atoms with E-state index < -0.39 is 0 Å². The minimum absolute atomic E-state index is 0.0705. The van der Waals surface area contributed by atoms with Gasteiger partial charge in [0.15, 0.2) is 11.5 Å². The Labute approximate surface area is 125 Å². The van der Waals surface area contributed by atoms with Crippen LogP contribution in [0.2, 0.25) is 0 Å².